The van der Waals surface area contributed by atoms with Crippen molar-refractivity contribution in [2.75, 3.05) is 0 Å². The molecule has 0 fully saturated rings. The van der Waals surface area contributed by atoms with Gasteiger partial charge in [-0.1, -0.05) is 0 Å². The van der Waals surface area contributed by atoms with Crippen LogP contribution in [-0.2, 0) is 6.18 Å². The monoisotopic (exact) mass is 276 g/mol. The predicted octanol–water partition coefficient (Wildman–Crippen LogP) is 2.34. The molecule has 2 nitrogen and oxygen atoms in total. The van der Waals surface area contributed by atoms with Gasteiger partial charge in [0.2, 0.25) is 5.82 Å². The van der Waals surface area contributed by atoms with Crippen LogP contribution in [0.3, 0.4) is 0 Å². The summed E-state index contributed by atoms with van der Waals surface area (Å²) in [6.45, 7) is 1.55. The van der Waals surface area contributed by atoms with E-state index in [1.807, 2.05) is 0 Å². The highest BCUT2D eigenvalue weighted by Crippen LogP contribution is 2.27. The van der Waals surface area contributed by atoms with E-state index >= 15 is 0 Å². The fourth-order valence-electron chi connectivity index (χ4n) is 0.573. The van der Waals surface area contributed by atoms with E-state index in [9.17, 15) is 13.2 Å². The minimum absolute atomic E-state index is 0.356. The third kappa shape index (κ3) is 1.85. The van der Waals surface area contributed by atoms with Gasteiger partial charge in [0.05, 0.1) is 0 Å². The van der Waals surface area contributed by atoms with E-state index in [4.69, 9.17) is 0 Å². The van der Waals surface area contributed by atoms with Crippen molar-refractivity contribution in [1.29, 1.82) is 0 Å². The second-order valence-corrected chi connectivity index (χ2v) is 3.02. The number of hydrogen-bond acceptors (Lipinski definition) is 1. The molecule has 1 aromatic rings. The molecule has 6 heteroatoms. The van der Waals surface area contributed by atoms with Gasteiger partial charge in [0.15, 0.2) is 0 Å². The molecule has 0 aliphatic carbocycles. The van der Waals surface area contributed by atoms with Crippen molar-refractivity contribution in [1.82, 2.24) is 9.97 Å². The van der Waals surface area contributed by atoms with Crippen molar-refractivity contribution in [2.45, 2.75) is 13.1 Å². The van der Waals surface area contributed by atoms with Crippen LogP contribution < -0.4 is 0 Å². The number of aromatic amines is 1. The Morgan fingerprint density at radius 1 is 1.45 bits per heavy atom. The standard InChI is InChI=1S/C5H4F3IN2/c1-2-3(9)11-4(10-2)5(6,7)8/h1H3,(H,10,11). The molecule has 0 saturated carbocycles. The normalized spacial score (nSPS) is 12.1. The second kappa shape index (κ2) is 2.65. The molecule has 0 saturated heterocycles. The van der Waals surface area contributed by atoms with Crippen LogP contribution in [0.2, 0.25) is 0 Å². The first-order valence-electron chi connectivity index (χ1n) is 2.70. The zero-order chi connectivity index (χ0) is 8.65. The average Bonchev–Trinajstić information content (AvgIpc) is 2.11. The van der Waals surface area contributed by atoms with Gasteiger partial charge in [-0.2, -0.15) is 13.2 Å². The molecule has 0 atom stereocenters. The lowest BCUT2D eigenvalue weighted by molar-refractivity contribution is -0.144. The second-order valence-electron chi connectivity index (χ2n) is 2.00. The minimum atomic E-state index is -4.37. The van der Waals surface area contributed by atoms with E-state index in [-0.39, 0.29) is 0 Å². The van der Waals surface area contributed by atoms with Gasteiger partial charge in [0.1, 0.15) is 3.70 Å². The quantitative estimate of drug-likeness (QED) is 0.724. The van der Waals surface area contributed by atoms with Gasteiger partial charge in [0, 0.05) is 5.69 Å². The Balaban J connectivity index is 3.08. The van der Waals surface area contributed by atoms with Gasteiger partial charge in [-0.05, 0) is 29.5 Å². The van der Waals surface area contributed by atoms with Gasteiger partial charge >= 0.3 is 6.18 Å². The topological polar surface area (TPSA) is 28.7 Å². The Morgan fingerprint density at radius 3 is 2.18 bits per heavy atom. The van der Waals surface area contributed by atoms with E-state index in [1.54, 1.807) is 29.5 Å². The smallest absolute Gasteiger partial charge is 0.338 e. The van der Waals surface area contributed by atoms with Crippen molar-refractivity contribution in [3.8, 4) is 0 Å². The molecule has 0 bridgehead atoms. The maximum absolute atomic E-state index is 11.9. The van der Waals surface area contributed by atoms with Crippen LogP contribution in [-0.4, -0.2) is 9.97 Å². The fraction of sp³-hybridized carbons (Fsp3) is 0.400. The third-order valence-corrected chi connectivity index (χ3v) is 2.14. The molecule has 0 amide bonds. The third-order valence-electron chi connectivity index (χ3n) is 1.09. The summed E-state index contributed by atoms with van der Waals surface area (Å²) < 4.78 is 36.0. The Labute approximate surface area is 74.3 Å². The highest BCUT2D eigenvalue weighted by Gasteiger charge is 2.34. The number of rotatable bonds is 0. The lowest BCUT2D eigenvalue weighted by Crippen LogP contribution is -2.07. The first-order valence-corrected chi connectivity index (χ1v) is 3.78. The molecule has 0 spiro atoms. The zero-order valence-electron chi connectivity index (χ0n) is 5.46. The minimum Gasteiger partial charge on any atom is -0.338 e. The molecule has 0 aliphatic heterocycles. The fourth-order valence-corrected chi connectivity index (χ4v) is 0.949. The van der Waals surface area contributed by atoms with Gasteiger partial charge in [-0.3, -0.25) is 0 Å². The number of imidazole rings is 1. The Hall–Kier alpha value is -0.270. The average molecular weight is 276 g/mol. The molecule has 0 aliphatic rings. The molecule has 0 unspecified atom stereocenters. The first kappa shape index (κ1) is 8.82. The highest BCUT2D eigenvalue weighted by molar-refractivity contribution is 14.1. The van der Waals surface area contributed by atoms with Crippen LogP contribution in [0.4, 0.5) is 13.2 Å². The Morgan fingerprint density at radius 2 is 2.00 bits per heavy atom. The lowest BCUT2D eigenvalue weighted by atomic mass is 10.6. The van der Waals surface area contributed by atoms with Crippen LogP contribution in [0.15, 0.2) is 0 Å². The van der Waals surface area contributed by atoms with Gasteiger partial charge in [0.25, 0.3) is 0 Å². The summed E-state index contributed by atoms with van der Waals surface area (Å²) >= 11 is 1.74. The number of nitrogens with one attached hydrogen (secondary N) is 1. The van der Waals surface area contributed by atoms with Crippen molar-refractivity contribution < 1.29 is 13.2 Å². The summed E-state index contributed by atoms with van der Waals surface area (Å²) in [4.78, 5) is 5.43. The highest BCUT2D eigenvalue weighted by atomic mass is 127. The van der Waals surface area contributed by atoms with Gasteiger partial charge in [-0.25, -0.2) is 4.98 Å². The molecule has 62 valence electrons. The van der Waals surface area contributed by atoms with Crippen LogP contribution >= 0.6 is 22.6 Å². The van der Waals surface area contributed by atoms with Crippen molar-refractivity contribution in [3.63, 3.8) is 0 Å². The maximum atomic E-state index is 11.9. The Bertz CT molecular complexity index is 246. The zero-order valence-corrected chi connectivity index (χ0v) is 7.62. The van der Waals surface area contributed by atoms with Crippen molar-refractivity contribution in [3.05, 3.63) is 15.2 Å². The number of aryl methyl sites for hydroxylation is 1. The van der Waals surface area contributed by atoms with Crippen LogP contribution in [0, 0.1) is 10.6 Å². The largest absolute Gasteiger partial charge is 0.449 e. The van der Waals surface area contributed by atoms with Crippen molar-refractivity contribution >= 4 is 22.6 Å². The number of hydrogen-bond donors (Lipinski definition) is 1. The van der Waals surface area contributed by atoms with E-state index in [0.717, 1.165) is 0 Å². The molecule has 1 heterocycles. The van der Waals surface area contributed by atoms with E-state index in [1.165, 1.54) is 0 Å². The number of halogens is 4. The summed E-state index contributed by atoms with van der Waals surface area (Å²) in [5, 5.41) is 0. The molecule has 1 rings (SSSR count). The number of H-pyrrole nitrogens is 1. The van der Waals surface area contributed by atoms with E-state index in [0.29, 0.717) is 9.39 Å². The van der Waals surface area contributed by atoms with E-state index < -0.39 is 12.0 Å². The molecule has 11 heavy (non-hydrogen) atoms. The van der Waals surface area contributed by atoms with E-state index in [2.05, 4.69) is 9.97 Å². The predicted molar refractivity (Wildman–Crippen MR) is 41.0 cm³/mol. The first-order chi connectivity index (χ1) is 4.91. The molecule has 0 radical (unpaired) electrons. The summed E-state index contributed by atoms with van der Waals surface area (Å²) in [5.41, 5.74) is 0.443. The lowest BCUT2D eigenvalue weighted by Gasteiger charge is -1.99. The van der Waals surface area contributed by atoms with Gasteiger partial charge in [-0.15, -0.1) is 0 Å². The Kier molecular flexibility index (Phi) is 2.13. The summed E-state index contributed by atoms with van der Waals surface area (Å²) in [7, 11) is 0. The van der Waals surface area contributed by atoms with Crippen LogP contribution in [0.25, 0.3) is 0 Å². The summed E-state index contributed by atoms with van der Waals surface area (Å²) in [5.74, 6) is -0.931. The molecule has 0 aromatic carbocycles. The number of aromatic nitrogens is 2. The van der Waals surface area contributed by atoms with Crippen molar-refractivity contribution in [2.24, 2.45) is 0 Å². The van der Waals surface area contributed by atoms with Gasteiger partial charge < -0.3 is 4.98 Å². The van der Waals surface area contributed by atoms with Crippen LogP contribution in [0.1, 0.15) is 11.5 Å². The summed E-state index contributed by atoms with van der Waals surface area (Å²) in [6, 6.07) is 0. The van der Waals surface area contributed by atoms with Crippen LogP contribution in [0.5, 0.6) is 0 Å². The SMILES string of the molecule is Cc1[nH]c(C(F)(F)F)nc1I. The number of nitrogens with zero attached hydrogens (tertiary/aromatic N) is 1. The molecular formula is C5H4F3IN2. The molecule has 1 aromatic heterocycles. The maximum Gasteiger partial charge on any atom is 0.449 e. The summed E-state index contributed by atoms with van der Waals surface area (Å²) in [6.07, 6.45) is -4.37. The molecule has 1 N–H and O–H groups in total. The molecular weight excluding hydrogens is 272 g/mol. The number of alkyl halides is 3.